The minimum absolute atomic E-state index is 0.104. The largest absolute Gasteiger partial charge is 0.497 e. The van der Waals surface area contributed by atoms with Crippen molar-refractivity contribution in [2.75, 3.05) is 20.2 Å². The van der Waals surface area contributed by atoms with Crippen molar-refractivity contribution < 1.29 is 14.3 Å². The van der Waals surface area contributed by atoms with E-state index in [1.54, 1.807) is 11.8 Å². The Morgan fingerprint density at radius 1 is 1.17 bits per heavy atom. The SMILES string of the molecule is COc1cccc(-c2sc(C)nc2C(=O)N(CCNC(=O)c2nn(C)c3ccccc23)C2CC2)c1. The molecule has 8 nitrogen and oxygen atoms in total. The maximum Gasteiger partial charge on any atom is 0.274 e. The van der Waals surface area contributed by atoms with Crippen LogP contribution in [-0.4, -0.2) is 57.7 Å². The van der Waals surface area contributed by atoms with Gasteiger partial charge in [0.05, 0.1) is 22.5 Å². The molecule has 0 atom stereocenters. The number of ether oxygens (including phenoxy) is 1. The number of hydrogen-bond acceptors (Lipinski definition) is 6. The van der Waals surface area contributed by atoms with Gasteiger partial charge in [0.2, 0.25) is 0 Å². The highest BCUT2D eigenvalue weighted by Gasteiger charge is 2.35. The molecule has 0 bridgehead atoms. The summed E-state index contributed by atoms with van der Waals surface area (Å²) in [6.45, 7) is 2.65. The van der Waals surface area contributed by atoms with E-state index >= 15 is 0 Å². The number of nitrogens with zero attached hydrogens (tertiary/aromatic N) is 4. The lowest BCUT2D eigenvalue weighted by atomic mass is 10.1. The van der Waals surface area contributed by atoms with E-state index in [2.05, 4.69) is 15.4 Å². The number of fused-ring (bicyclic) bond motifs is 1. The number of para-hydroxylation sites is 1. The Bertz CT molecular complexity index is 1410. The number of hydrogen-bond donors (Lipinski definition) is 1. The van der Waals surface area contributed by atoms with Crippen molar-refractivity contribution in [1.29, 1.82) is 0 Å². The smallest absolute Gasteiger partial charge is 0.274 e. The monoisotopic (exact) mass is 489 g/mol. The maximum absolute atomic E-state index is 13.6. The molecule has 5 rings (SSSR count). The van der Waals surface area contributed by atoms with E-state index in [1.165, 1.54) is 11.3 Å². The van der Waals surface area contributed by atoms with E-state index in [0.717, 1.165) is 44.9 Å². The second-order valence-corrected chi connectivity index (χ2v) is 9.82. The van der Waals surface area contributed by atoms with Gasteiger partial charge in [0.1, 0.15) is 11.4 Å². The zero-order valence-corrected chi connectivity index (χ0v) is 20.8. The summed E-state index contributed by atoms with van der Waals surface area (Å²) in [5.74, 6) is 0.384. The first kappa shape index (κ1) is 23.0. The molecular formula is C26H27N5O3S. The maximum atomic E-state index is 13.6. The van der Waals surface area contributed by atoms with Gasteiger partial charge in [-0.05, 0) is 43.5 Å². The number of carbonyl (C=O) groups excluding carboxylic acids is 2. The fraction of sp³-hybridized carbons (Fsp3) is 0.308. The molecule has 1 fully saturated rings. The van der Waals surface area contributed by atoms with E-state index in [4.69, 9.17) is 4.74 Å². The first-order valence-electron chi connectivity index (χ1n) is 11.6. The molecule has 0 aliphatic heterocycles. The van der Waals surface area contributed by atoms with Crippen molar-refractivity contribution in [2.24, 2.45) is 7.05 Å². The summed E-state index contributed by atoms with van der Waals surface area (Å²) in [7, 11) is 3.45. The van der Waals surface area contributed by atoms with Crippen LogP contribution in [0.15, 0.2) is 48.5 Å². The summed E-state index contributed by atoms with van der Waals surface area (Å²) < 4.78 is 7.06. The van der Waals surface area contributed by atoms with E-state index in [-0.39, 0.29) is 17.9 Å². The Morgan fingerprint density at radius 3 is 2.74 bits per heavy atom. The molecule has 2 aromatic carbocycles. The minimum Gasteiger partial charge on any atom is -0.497 e. The number of aromatic nitrogens is 3. The summed E-state index contributed by atoms with van der Waals surface area (Å²) >= 11 is 1.50. The zero-order valence-electron chi connectivity index (χ0n) is 19.9. The van der Waals surface area contributed by atoms with Crippen LogP contribution in [0.4, 0.5) is 0 Å². The second kappa shape index (κ2) is 9.50. The third-order valence-corrected chi connectivity index (χ3v) is 7.15. The number of carbonyl (C=O) groups is 2. The minimum atomic E-state index is -0.244. The van der Waals surface area contributed by atoms with Crippen LogP contribution >= 0.6 is 11.3 Å². The van der Waals surface area contributed by atoms with Crippen LogP contribution in [0.1, 0.15) is 38.8 Å². The number of thiazole rings is 1. The second-order valence-electron chi connectivity index (χ2n) is 8.62. The molecule has 1 aliphatic carbocycles. The van der Waals surface area contributed by atoms with Crippen molar-refractivity contribution in [3.8, 4) is 16.2 Å². The summed E-state index contributed by atoms with van der Waals surface area (Å²) in [5.41, 5.74) is 2.65. The molecule has 0 saturated heterocycles. The molecule has 0 radical (unpaired) electrons. The van der Waals surface area contributed by atoms with Crippen LogP contribution < -0.4 is 10.1 Å². The number of methoxy groups -OCH3 is 1. The highest BCUT2D eigenvalue weighted by molar-refractivity contribution is 7.15. The van der Waals surface area contributed by atoms with Crippen molar-refractivity contribution >= 4 is 34.1 Å². The van der Waals surface area contributed by atoms with Crippen LogP contribution in [0.5, 0.6) is 5.75 Å². The highest BCUT2D eigenvalue weighted by atomic mass is 32.1. The van der Waals surface area contributed by atoms with Gasteiger partial charge in [0.15, 0.2) is 5.69 Å². The van der Waals surface area contributed by atoms with Crippen LogP contribution in [0, 0.1) is 6.92 Å². The molecule has 35 heavy (non-hydrogen) atoms. The molecule has 2 amide bonds. The molecular weight excluding hydrogens is 462 g/mol. The number of amides is 2. The molecule has 180 valence electrons. The lowest BCUT2D eigenvalue weighted by Gasteiger charge is -2.22. The number of benzene rings is 2. The lowest BCUT2D eigenvalue weighted by Crippen LogP contribution is -2.40. The highest BCUT2D eigenvalue weighted by Crippen LogP contribution is 2.35. The Labute approximate surface area is 207 Å². The average molecular weight is 490 g/mol. The van der Waals surface area contributed by atoms with Crippen molar-refractivity contribution in [3.63, 3.8) is 0 Å². The molecule has 2 heterocycles. The van der Waals surface area contributed by atoms with Crippen molar-refractivity contribution in [2.45, 2.75) is 25.8 Å². The quantitative estimate of drug-likeness (QED) is 0.403. The Kier molecular flexibility index (Phi) is 6.25. The van der Waals surface area contributed by atoms with Gasteiger partial charge in [-0.3, -0.25) is 14.3 Å². The van der Waals surface area contributed by atoms with Gasteiger partial charge in [-0.15, -0.1) is 11.3 Å². The van der Waals surface area contributed by atoms with E-state index < -0.39 is 0 Å². The molecule has 2 aromatic heterocycles. The van der Waals surface area contributed by atoms with Gasteiger partial charge < -0.3 is 15.0 Å². The molecule has 9 heteroatoms. The summed E-state index contributed by atoms with van der Waals surface area (Å²) in [6.07, 6.45) is 1.92. The van der Waals surface area contributed by atoms with E-state index in [1.807, 2.05) is 67.4 Å². The van der Waals surface area contributed by atoms with E-state index in [9.17, 15) is 9.59 Å². The zero-order chi connectivity index (χ0) is 24.5. The molecule has 1 aliphatic rings. The van der Waals surface area contributed by atoms with Gasteiger partial charge in [-0.1, -0.05) is 30.3 Å². The third kappa shape index (κ3) is 4.64. The number of rotatable bonds is 8. The topological polar surface area (TPSA) is 89.3 Å². The first-order valence-corrected chi connectivity index (χ1v) is 12.4. The number of nitrogens with one attached hydrogen (secondary N) is 1. The predicted molar refractivity (Wildman–Crippen MR) is 136 cm³/mol. The molecule has 0 spiro atoms. The molecule has 1 N–H and O–H groups in total. The summed E-state index contributed by atoms with van der Waals surface area (Å²) in [5, 5.41) is 8.97. The normalized spacial score (nSPS) is 13.1. The van der Waals surface area contributed by atoms with Crippen molar-refractivity contribution in [3.05, 3.63) is 64.9 Å². The van der Waals surface area contributed by atoms with Crippen LogP contribution in [-0.2, 0) is 7.05 Å². The number of aryl methyl sites for hydroxylation is 2. The Hall–Kier alpha value is -3.72. The van der Waals surface area contributed by atoms with E-state index in [0.29, 0.717) is 24.5 Å². The van der Waals surface area contributed by atoms with Gasteiger partial charge in [-0.2, -0.15) is 5.10 Å². The van der Waals surface area contributed by atoms with Crippen molar-refractivity contribution in [1.82, 2.24) is 25.0 Å². The van der Waals surface area contributed by atoms with Gasteiger partial charge >= 0.3 is 0 Å². The van der Waals surface area contributed by atoms with Crippen LogP contribution in [0.2, 0.25) is 0 Å². The predicted octanol–water partition coefficient (Wildman–Crippen LogP) is 4.05. The molecule has 0 unspecified atom stereocenters. The molecule has 1 saturated carbocycles. The van der Waals surface area contributed by atoms with Gasteiger partial charge in [0, 0.05) is 31.6 Å². The summed E-state index contributed by atoms with van der Waals surface area (Å²) in [4.78, 5) is 33.8. The average Bonchev–Trinajstić information content (AvgIpc) is 3.55. The Balaban J connectivity index is 1.32. The molecule has 4 aromatic rings. The fourth-order valence-electron chi connectivity index (χ4n) is 4.26. The van der Waals surface area contributed by atoms with Gasteiger partial charge in [-0.25, -0.2) is 4.98 Å². The summed E-state index contributed by atoms with van der Waals surface area (Å²) in [6, 6.07) is 15.5. The third-order valence-electron chi connectivity index (χ3n) is 6.13. The standard InChI is InChI=1S/C26H27N5O3S/c1-16-28-23(24(35-16)17-7-6-8-19(15-17)34-3)26(33)31(18-11-12-18)14-13-27-25(32)22-20-9-4-5-10-21(20)30(2)29-22/h4-10,15,18H,11-14H2,1-3H3,(H,27,32). The van der Waals surface area contributed by atoms with Crippen LogP contribution in [0.25, 0.3) is 21.3 Å². The lowest BCUT2D eigenvalue weighted by molar-refractivity contribution is 0.0732. The fourth-order valence-corrected chi connectivity index (χ4v) is 5.17. The van der Waals surface area contributed by atoms with Crippen LogP contribution in [0.3, 0.4) is 0 Å². The van der Waals surface area contributed by atoms with Gasteiger partial charge in [0.25, 0.3) is 11.8 Å². The Morgan fingerprint density at radius 2 is 1.97 bits per heavy atom. The first-order chi connectivity index (χ1) is 17.0.